The van der Waals surface area contributed by atoms with Crippen LogP contribution < -0.4 is 0 Å². The first-order valence-corrected chi connectivity index (χ1v) is 13.4. The molecule has 1 aliphatic rings. The van der Waals surface area contributed by atoms with E-state index in [1.165, 1.54) is 0 Å². The Morgan fingerprint density at radius 1 is 1.20 bits per heavy atom. The molecule has 0 bridgehead atoms. The summed E-state index contributed by atoms with van der Waals surface area (Å²) in [5, 5.41) is 23.2. The third kappa shape index (κ3) is 6.70. The molecule has 192 valence electrons. The summed E-state index contributed by atoms with van der Waals surface area (Å²) in [4.78, 5) is 30.6. The number of rotatable bonds is 1. The molecule has 3 rings (SSSR count). The number of aliphatic hydroxyl groups excluding tert-OH is 2. The summed E-state index contributed by atoms with van der Waals surface area (Å²) < 4.78 is 6.87. The van der Waals surface area contributed by atoms with Crippen LogP contribution in [0.25, 0.3) is 10.2 Å². The molecule has 2 N–H and O–H groups in total. The van der Waals surface area contributed by atoms with Crippen molar-refractivity contribution in [2.24, 2.45) is 17.3 Å². The van der Waals surface area contributed by atoms with Crippen molar-refractivity contribution in [3.8, 4) is 0 Å². The van der Waals surface area contributed by atoms with Gasteiger partial charge in [-0.05, 0) is 49.8 Å². The normalized spacial score (nSPS) is 31.1. The van der Waals surface area contributed by atoms with Gasteiger partial charge in [-0.3, -0.25) is 9.59 Å². The van der Waals surface area contributed by atoms with E-state index in [0.29, 0.717) is 24.3 Å². The molecule has 35 heavy (non-hydrogen) atoms. The second-order valence-corrected chi connectivity index (χ2v) is 12.0. The molecule has 2 heterocycles. The average Bonchev–Trinajstić information content (AvgIpc) is 3.18. The van der Waals surface area contributed by atoms with Crippen LogP contribution in [-0.4, -0.2) is 39.2 Å². The Balaban J connectivity index is 1.91. The Labute approximate surface area is 216 Å². The smallest absolute Gasteiger partial charge is 0.309 e. The second-order valence-electron chi connectivity index (χ2n) is 10.3. The van der Waals surface area contributed by atoms with Gasteiger partial charge < -0.3 is 14.9 Å². The van der Waals surface area contributed by atoms with Gasteiger partial charge in [0.15, 0.2) is 0 Å². The van der Waals surface area contributed by atoms with Gasteiger partial charge in [-0.2, -0.15) is 0 Å². The number of cyclic esters (lactones) is 1. The molecule has 0 aliphatic carbocycles. The number of ketones is 1. The van der Waals surface area contributed by atoms with Crippen molar-refractivity contribution < 1.29 is 24.5 Å². The van der Waals surface area contributed by atoms with Crippen LogP contribution in [0.5, 0.6) is 0 Å². The van der Waals surface area contributed by atoms with Crippen LogP contribution in [0.4, 0.5) is 0 Å². The largest absolute Gasteiger partial charge is 0.457 e. The molecule has 8 heteroatoms. The van der Waals surface area contributed by atoms with E-state index in [4.69, 9.17) is 16.3 Å². The summed E-state index contributed by atoms with van der Waals surface area (Å²) >= 11 is 8.08. The van der Waals surface area contributed by atoms with Crippen molar-refractivity contribution >= 4 is 44.9 Å². The highest BCUT2D eigenvalue weighted by molar-refractivity contribution is 7.18. The van der Waals surface area contributed by atoms with E-state index in [9.17, 15) is 19.8 Å². The third-order valence-corrected chi connectivity index (χ3v) is 8.42. The minimum Gasteiger partial charge on any atom is -0.457 e. The van der Waals surface area contributed by atoms with Gasteiger partial charge in [0.2, 0.25) is 0 Å². The van der Waals surface area contributed by atoms with E-state index in [0.717, 1.165) is 27.2 Å². The molecule has 5 atom stereocenters. The molecule has 0 fully saturated rings. The van der Waals surface area contributed by atoms with Crippen LogP contribution in [0.3, 0.4) is 0 Å². The highest BCUT2D eigenvalue weighted by Gasteiger charge is 2.42. The zero-order valence-electron chi connectivity index (χ0n) is 21.1. The highest BCUT2D eigenvalue weighted by atomic mass is 35.5. The Morgan fingerprint density at radius 3 is 2.63 bits per heavy atom. The molecule has 0 radical (unpaired) electrons. The number of Topliss-reactive ketones (excluding diaryl/α,β-unsaturated/α-hetero) is 1. The van der Waals surface area contributed by atoms with Gasteiger partial charge in [-0.15, -0.1) is 11.3 Å². The number of allylic oxidation sites excluding steroid dienone is 1. The van der Waals surface area contributed by atoms with Gasteiger partial charge in [-0.25, -0.2) is 4.98 Å². The predicted octanol–water partition coefficient (Wildman–Crippen LogP) is 5.87. The SMILES string of the molecule is Cc1nc2cc([C@@H]3C/C=C(/Cl)CCC[C@H](C)[C@H](O)[C@@H](C)C(=O)C(C)(C)[C@H](O)CC(=O)O3)ccc2s1. The average molecular weight is 522 g/mol. The molecule has 0 saturated carbocycles. The number of nitrogens with zero attached hydrogens (tertiary/aromatic N) is 1. The molecular formula is C27H36ClNO5S. The molecular weight excluding hydrogens is 486 g/mol. The lowest BCUT2D eigenvalue weighted by molar-refractivity contribution is -0.155. The molecule has 0 spiro atoms. The molecule has 0 saturated heterocycles. The maximum Gasteiger partial charge on any atom is 0.309 e. The number of benzene rings is 1. The van der Waals surface area contributed by atoms with Crippen molar-refractivity contribution in [3.05, 3.63) is 39.9 Å². The highest BCUT2D eigenvalue weighted by Crippen LogP contribution is 2.34. The summed E-state index contributed by atoms with van der Waals surface area (Å²) in [5.74, 6) is -1.66. The number of carbonyl (C=O) groups excluding carboxylic acids is 2. The maximum absolute atomic E-state index is 13.2. The minimum absolute atomic E-state index is 0.106. The zero-order chi connectivity index (χ0) is 25.9. The van der Waals surface area contributed by atoms with E-state index in [1.807, 2.05) is 38.1 Å². The first-order valence-electron chi connectivity index (χ1n) is 12.2. The number of aryl methyl sites for hydroxylation is 1. The maximum atomic E-state index is 13.2. The van der Waals surface area contributed by atoms with Crippen molar-refractivity contribution in [1.82, 2.24) is 4.98 Å². The number of halogens is 1. The second kappa shape index (κ2) is 11.5. The number of aliphatic hydroxyl groups is 2. The summed E-state index contributed by atoms with van der Waals surface area (Å²) in [6.45, 7) is 8.77. The Hall–Kier alpha value is -1.80. The van der Waals surface area contributed by atoms with Gasteiger partial charge in [0.05, 0.1) is 39.3 Å². The van der Waals surface area contributed by atoms with Crippen molar-refractivity contribution in [2.45, 2.75) is 85.0 Å². The number of hydrogen-bond donors (Lipinski definition) is 2. The lowest BCUT2D eigenvalue weighted by Gasteiger charge is -2.34. The van der Waals surface area contributed by atoms with Crippen molar-refractivity contribution in [2.75, 3.05) is 0 Å². The number of thiazole rings is 1. The Kier molecular flexibility index (Phi) is 9.13. The summed E-state index contributed by atoms with van der Waals surface area (Å²) in [6, 6.07) is 5.82. The van der Waals surface area contributed by atoms with E-state index >= 15 is 0 Å². The summed E-state index contributed by atoms with van der Waals surface area (Å²) in [7, 11) is 0. The summed E-state index contributed by atoms with van der Waals surface area (Å²) in [5.41, 5.74) is 0.427. The molecule has 1 aromatic carbocycles. The standard InChI is InChI=1S/C27H36ClNO5S/c1-15-7-6-8-19(28)10-11-21(18-9-12-22-20(13-18)29-17(3)35-22)34-24(31)14-23(30)27(4,5)26(33)16(2)25(15)32/h9-10,12-13,15-16,21,23,25,30,32H,6-8,11,14H2,1-5H3/b19-10+/t15-,16+,21-,23+,25-/m0/s1. The van der Waals surface area contributed by atoms with Crippen molar-refractivity contribution in [3.63, 3.8) is 0 Å². The fraction of sp³-hybridized carbons (Fsp3) is 0.593. The van der Waals surface area contributed by atoms with Gasteiger partial charge in [-0.1, -0.05) is 51.4 Å². The minimum atomic E-state index is -1.25. The number of esters is 1. The quantitative estimate of drug-likeness (QED) is 0.456. The third-order valence-electron chi connectivity index (χ3n) is 7.13. The van der Waals surface area contributed by atoms with Crippen LogP contribution in [0.15, 0.2) is 29.3 Å². The molecule has 6 nitrogen and oxygen atoms in total. The van der Waals surface area contributed by atoms with Gasteiger partial charge in [0, 0.05) is 17.4 Å². The van der Waals surface area contributed by atoms with Crippen LogP contribution in [0.1, 0.15) is 76.5 Å². The van der Waals surface area contributed by atoms with Crippen LogP contribution in [0.2, 0.25) is 0 Å². The number of aromatic nitrogens is 1. The lowest BCUT2D eigenvalue weighted by atomic mass is 9.73. The predicted molar refractivity (Wildman–Crippen MR) is 139 cm³/mol. The van der Waals surface area contributed by atoms with E-state index in [-0.39, 0.29) is 18.1 Å². The molecule has 1 aliphatic heterocycles. The molecule has 0 amide bonds. The number of ether oxygens (including phenoxy) is 1. The van der Waals surface area contributed by atoms with Gasteiger partial charge in [0.25, 0.3) is 0 Å². The van der Waals surface area contributed by atoms with Crippen LogP contribution >= 0.6 is 22.9 Å². The fourth-order valence-electron chi connectivity index (χ4n) is 4.63. The monoisotopic (exact) mass is 521 g/mol. The first kappa shape index (κ1) is 27.8. The first-order chi connectivity index (χ1) is 16.4. The Morgan fingerprint density at radius 2 is 1.91 bits per heavy atom. The van der Waals surface area contributed by atoms with Gasteiger partial charge in [0.1, 0.15) is 11.9 Å². The number of carbonyl (C=O) groups is 2. The van der Waals surface area contributed by atoms with E-state index in [2.05, 4.69) is 4.98 Å². The van der Waals surface area contributed by atoms with Crippen LogP contribution in [0, 0.1) is 24.2 Å². The molecule has 1 aromatic heterocycles. The Bertz CT molecular complexity index is 1090. The lowest BCUT2D eigenvalue weighted by Crippen LogP contribution is -2.45. The number of fused-ring (bicyclic) bond motifs is 1. The fourth-order valence-corrected chi connectivity index (χ4v) is 5.66. The van der Waals surface area contributed by atoms with Gasteiger partial charge >= 0.3 is 5.97 Å². The van der Waals surface area contributed by atoms with E-state index in [1.54, 1.807) is 32.1 Å². The molecule has 2 aromatic rings. The molecule has 0 unspecified atom stereocenters. The van der Waals surface area contributed by atoms with E-state index < -0.39 is 35.6 Å². The zero-order valence-corrected chi connectivity index (χ0v) is 22.7. The number of hydrogen-bond acceptors (Lipinski definition) is 7. The van der Waals surface area contributed by atoms with Crippen LogP contribution in [-0.2, 0) is 14.3 Å². The van der Waals surface area contributed by atoms with Crippen molar-refractivity contribution in [1.29, 1.82) is 0 Å². The topological polar surface area (TPSA) is 96.7 Å². The summed E-state index contributed by atoms with van der Waals surface area (Å²) in [6.07, 6.45) is 1.34.